The summed E-state index contributed by atoms with van der Waals surface area (Å²) in [6, 6.07) is 9.47. The fraction of sp³-hybridized carbons (Fsp3) is 0.429. The van der Waals surface area contributed by atoms with Gasteiger partial charge in [-0.15, -0.1) is 16.4 Å². The molecule has 5 nitrogen and oxygen atoms in total. The Hall–Kier alpha value is -2.52. The number of nitriles is 1. The Morgan fingerprint density at radius 1 is 1.33 bits per heavy atom. The summed E-state index contributed by atoms with van der Waals surface area (Å²) in [5.41, 5.74) is 2.68. The number of fused-ring (bicyclic) bond motifs is 3. The zero-order chi connectivity index (χ0) is 19.2. The average Bonchev–Trinajstić information content (AvgIpc) is 3.02. The number of benzene rings is 1. The van der Waals surface area contributed by atoms with E-state index in [0.29, 0.717) is 11.5 Å². The molecule has 0 aliphatic heterocycles. The number of nitrogens with zero attached hydrogens (tertiary/aromatic N) is 4. The molecule has 138 valence electrons. The van der Waals surface area contributed by atoms with Crippen LogP contribution in [0.2, 0.25) is 0 Å². The maximum Gasteiger partial charge on any atom is 0.279 e. The smallest absolute Gasteiger partial charge is 0.267 e. The fourth-order valence-corrected chi connectivity index (χ4v) is 5.13. The molecule has 27 heavy (non-hydrogen) atoms. The lowest BCUT2D eigenvalue weighted by Gasteiger charge is -2.33. The molecular weight excluding hydrogens is 356 g/mol. The third-order valence-electron chi connectivity index (χ3n) is 5.62. The first-order valence-electron chi connectivity index (χ1n) is 9.24. The largest absolute Gasteiger partial charge is 0.279 e. The van der Waals surface area contributed by atoms with Gasteiger partial charge in [0.1, 0.15) is 0 Å². The van der Waals surface area contributed by atoms with Gasteiger partial charge in [-0.3, -0.25) is 4.79 Å². The Morgan fingerprint density at radius 3 is 2.85 bits per heavy atom. The fourth-order valence-electron chi connectivity index (χ4n) is 3.90. The van der Waals surface area contributed by atoms with Crippen LogP contribution < -0.4 is 5.56 Å². The SMILES string of the molecule is CC(C)(C)[C@@H]1CCc2c(sc3nnn(Cc4ccccc4C#N)c(=O)c23)C1. The molecule has 2 aromatic heterocycles. The normalized spacial score (nSPS) is 16.9. The first kappa shape index (κ1) is 17.9. The lowest BCUT2D eigenvalue weighted by molar-refractivity contribution is 0.218. The first-order valence-corrected chi connectivity index (χ1v) is 10.1. The predicted octanol–water partition coefficient (Wildman–Crippen LogP) is 3.92. The van der Waals surface area contributed by atoms with E-state index in [-0.39, 0.29) is 17.5 Å². The van der Waals surface area contributed by atoms with E-state index in [2.05, 4.69) is 37.2 Å². The molecule has 0 bridgehead atoms. The Bertz CT molecular complexity index is 1110. The quantitative estimate of drug-likeness (QED) is 0.677. The average molecular weight is 379 g/mol. The van der Waals surface area contributed by atoms with Crippen LogP contribution in [-0.4, -0.2) is 15.0 Å². The Kier molecular flexibility index (Phi) is 4.35. The molecule has 0 saturated heterocycles. The molecule has 0 N–H and O–H groups in total. The van der Waals surface area contributed by atoms with Gasteiger partial charge < -0.3 is 0 Å². The molecule has 0 saturated carbocycles. The van der Waals surface area contributed by atoms with E-state index in [1.165, 1.54) is 9.56 Å². The summed E-state index contributed by atoms with van der Waals surface area (Å²) in [5.74, 6) is 0.621. The van der Waals surface area contributed by atoms with Crippen LogP contribution in [0.1, 0.15) is 48.8 Å². The van der Waals surface area contributed by atoms with Gasteiger partial charge >= 0.3 is 0 Å². The number of hydrogen-bond acceptors (Lipinski definition) is 5. The predicted molar refractivity (Wildman–Crippen MR) is 107 cm³/mol. The van der Waals surface area contributed by atoms with Crippen LogP contribution in [0.15, 0.2) is 29.1 Å². The zero-order valence-corrected chi connectivity index (χ0v) is 16.6. The summed E-state index contributed by atoms with van der Waals surface area (Å²) in [5, 5.41) is 18.5. The minimum Gasteiger partial charge on any atom is -0.267 e. The number of hydrogen-bond donors (Lipinski definition) is 0. The number of rotatable bonds is 2. The first-order chi connectivity index (χ1) is 12.9. The van der Waals surface area contributed by atoms with Gasteiger partial charge in [0.05, 0.1) is 23.6 Å². The third kappa shape index (κ3) is 3.17. The number of aryl methyl sites for hydroxylation is 1. The summed E-state index contributed by atoms with van der Waals surface area (Å²) >= 11 is 1.62. The van der Waals surface area contributed by atoms with E-state index in [1.807, 2.05) is 18.2 Å². The van der Waals surface area contributed by atoms with E-state index in [0.717, 1.165) is 40.6 Å². The number of thiophene rings is 1. The zero-order valence-electron chi connectivity index (χ0n) is 15.8. The highest BCUT2D eigenvalue weighted by atomic mass is 32.1. The van der Waals surface area contributed by atoms with E-state index in [1.54, 1.807) is 17.4 Å². The number of aromatic nitrogens is 3. The van der Waals surface area contributed by atoms with Crippen LogP contribution in [-0.2, 0) is 19.4 Å². The van der Waals surface area contributed by atoms with Crippen molar-refractivity contribution < 1.29 is 0 Å². The third-order valence-corrected chi connectivity index (χ3v) is 6.76. The van der Waals surface area contributed by atoms with Gasteiger partial charge in [0, 0.05) is 4.88 Å². The van der Waals surface area contributed by atoms with Crippen LogP contribution in [0.25, 0.3) is 10.2 Å². The van der Waals surface area contributed by atoms with Crippen LogP contribution in [0.3, 0.4) is 0 Å². The van der Waals surface area contributed by atoms with Gasteiger partial charge in [-0.2, -0.15) is 5.26 Å². The molecule has 0 amide bonds. The molecule has 6 heteroatoms. The molecule has 4 rings (SSSR count). The topological polar surface area (TPSA) is 71.6 Å². The van der Waals surface area contributed by atoms with Crippen molar-refractivity contribution in [3.8, 4) is 6.07 Å². The molecule has 2 heterocycles. The van der Waals surface area contributed by atoms with Crippen molar-refractivity contribution in [2.75, 3.05) is 0 Å². The monoisotopic (exact) mass is 378 g/mol. The second kappa shape index (κ2) is 6.58. The Morgan fingerprint density at radius 2 is 2.11 bits per heavy atom. The van der Waals surface area contributed by atoms with E-state index < -0.39 is 0 Å². The molecule has 1 aromatic carbocycles. The maximum absolute atomic E-state index is 13.1. The molecule has 0 unspecified atom stereocenters. The van der Waals surface area contributed by atoms with Gasteiger partial charge in [-0.05, 0) is 47.8 Å². The van der Waals surface area contributed by atoms with Crippen LogP contribution >= 0.6 is 11.3 Å². The highest BCUT2D eigenvalue weighted by Gasteiger charge is 2.31. The minimum absolute atomic E-state index is 0.0977. The van der Waals surface area contributed by atoms with E-state index in [9.17, 15) is 10.1 Å². The Balaban J connectivity index is 1.76. The van der Waals surface area contributed by atoms with Crippen molar-refractivity contribution in [1.82, 2.24) is 15.0 Å². The van der Waals surface area contributed by atoms with Crippen molar-refractivity contribution in [2.24, 2.45) is 11.3 Å². The lowest BCUT2D eigenvalue weighted by atomic mass is 9.72. The molecule has 0 spiro atoms. The van der Waals surface area contributed by atoms with Gasteiger partial charge in [0.2, 0.25) is 0 Å². The van der Waals surface area contributed by atoms with Crippen LogP contribution in [0.4, 0.5) is 0 Å². The van der Waals surface area contributed by atoms with Gasteiger partial charge in [0.25, 0.3) is 5.56 Å². The van der Waals surface area contributed by atoms with Crippen molar-refractivity contribution in [3.05, 3.63) is 56.2 Å². The summed E-state index contributed by atoms with van der Waals surface area (Å²) in [7, 11) is 0. The maximum atomic E-state index is 13.1. The second-order valence-corrected chi connectivity index (χ2v) is 9.39. The van der Waals surface area contributed by atoms with Crippen LogP contribution in [0, 0.1) is 22.7 Å². The summed E-state index contributed by atoms with van der Waals surface area (Å²) in [6.07, 6.45) is 3.03. The van der Waals surface area contributed by atoms with Crippen molar-refractivity contribution >= 4 is 21.6 Å². The minimum atomic E-state index is -0.0977. The van der Waals surface area contributed by atoms with Crippen molar-refractivity contribution in [1.29, 1.82) is 5.26 Å². The molecule has 0 fully saturated rings. The molecular formula is C21H22N4OS. The molecule has 0 radical (unpaired) electrons. The molecule has 1 atom stereocenters. The lowest BCUT2D eigenvalue weighted by Crippen LogP contribution is -2.28. The highest BCUT2D eigenvalue weighted by molar-refractivity contribution is 7.18. The summed E-state index contributed by atoms with van der Waals surface area (Å²) < 4.78 is 1.39. The Labute approximate surface area is 162 Å². The van der Waals surface area contributed by atoms with E-state index in [4.69, 9.17) is 0 Å². The molecule has 3 aromatic rings. The summed E-state index contributed by atoms with van der Waals surface area (Å²) in [6.45, 7) is 7.13. The highest BCUT2D eigenvalue weighted by Crippen LogP contribution is 2.41. The van der Waals surface area contributed by atoms with Gasteiger partial charge in [-0.1, -0.05) is 44.2 Å². The van der Waals surface area contributed by atoms with Crippen molar-refractivity contribution in [3.63, 3.8) is 0 Å². The molecule has 1 aliphatic carbocycles. The van der Waals surface area contributed by atoms with Crippen LogP contribution in [0.5, 0.6) is 0 Å². The van der Waals surface area contributed by atoms with E-state index >= 15 is 0 Å². The van der Waals surface area contributed by atoms with Gasteiger partial charge in [-0.25, -0.2) is 4.68 Å². The second-order valence-electron chi connectivity index (χ2n) is 8.31. The molecule has 1 aliphatic rings. The van der Waals surface area contributed by atoms with Crippen molar-refractivity contribution in [2.45, 2.75) is 46.6 Å². The standard InChI is InChI=1S/C21H22N4OS/c1-21(2,3)15-8-9-16-17(10-15)27-19-18(16)20(26)25(24-23-19)12-14-7-5-4-6-13(14)11-22/h4-7,15H,8-10,12H2,1-3H3/t15-/m1/s1. The van der Waals surface area contributed by atoms with Gasteiger partial charge in [0.15, 0.2) is 4.83 Å². The summed E-state index contributed by atoms with van der Waals surface area (Å²) in [4.78, 5) is 15.2.